The SMILES string of the molecule is OC1(c2cc[nH]c2)CCCC2CCCCC21. The van der Waals surface area contributed by atoms with Gasteiger partial charge < -0.3 is 10.1 Å². The number of hydrogen-bond donors (Lipinski definition) is 2. The lowest BCUT2D eigenvalue weighted by Gasteiger charge is -2.47. The van der Waals surface area contributed by atoms with Gasteiger partial charge in [-0.25, -0.2) is 0 Å². The summed E-state index contributed by atoms with van der Waals surface area (Å²) >= 11 is 0. The summed E-state index contributed by atoms with van der Waals surface area (Å²) < 4.78 is 0. The quantitative estimate of drug-likeness (QED) is 0.747. The molecule has 0 saturated heterocycles. The van der Waals surface area contributed by atoms with Crippen LogP contribution in [0.4, 0.5) is 0 Å². The third-order valence-electron chi connectivity index (χ3n) is 4.75. The summed E-state index contributed by atoms with van der Waals surface area (Å²) in [6, 6.07) is 2.05. The summed E-state index contributed by atoms with van der Waals surface area (Å²) in [5.41, 5.74) is 0.577. The molecular formula is C14H21NO. The summed E-state index contributed by atoms with van der Waals surface area (Å²) in [6.07, 6.45) is 12.6. The van der Waals surface area contributed by atoms with Crippen LogP contribution in [0.5, 0.6) is 0 Å². The molecule has 16 heavy (non-hydrogen) atoms. The van der Waals surface area contributed by atoms with Crippen LogP contribution in [0.15, 0.2) is 18.5 Å². The van der Waals surface area contributed by atoms with Crippen molar-refractivity contribution in [2.24, 2.45) is 11.8 Å². The first kappa shape index (κ1) is 10.4. The minimum atomic E-state index is -0.538. The molecular weight excluding hydrogens is 198 g/mol. The number of aromatic amines is 1. The smallest absolute Gasteiger partial charge is 0.0941 e. The van der Waals surface area contributed by atoms with Crippen LogP contribution in [-0.4, -0.2) is 10.1 Å². The lowest BCUT2D eigenvalue weighted by molar-refractivity contribution is -0.0942. The Labute approximate surface area is 97.1 Å². The molecule has 3 rings (SSSR count). The van der Waals surface area contributed by atoms with Crippen molar-refractivity contribution in [3.63, 3.8) is 0 Å². The second kappa shape index (κ2) is 3.92. The third-order valence-corrected chi connectivity index (χ3v) is 4.75. The molecule has 0 spiro atoms. The molecule has 2 fully saturated rings. The molecule has 0 radical (unpaired) electrons. The monoisotopic (exact) mass is 219 g/mol. The van der Waals surface area contributed by atoms with E-state index in [0.29, 0.717) is 5.92 Å². The van der Waals surface area contributed by atoms with E-state index in [2.05, 4.69) is 11.1 Å². The first-order valence-electron chi connectivity index (χ1n) is 6.66. The van der Waals surface area contributed by atoms with Crippen molar-refractivity contribution >= 4 is 0 Å². The van der Waals surface area contributed by atoms with Crippen LogP contribution in [0.1, 0.15) is 50.5 Å². The van der Waals surface area contributed by atoms with E-state index in [0.717, 1.165) is 17.9 Å². The minimum absolute atomic E-state index is 0.505. The van der Waals surface area contributed by atoms with Gasteiger partial charge in [0.15, 0.2) is 0 Å². The number of nitrogens with one attached hydrogen (secondary N) is 1. The lowest BCUT2D eigenvalue weighted by Crippen LogP contribution is -2.44. The van der Waals surface area contributed by atoms with Gasteiger partial charge in [-0.05, 0) is 43.6 Å². The van der Waals surface area contributed by atoms with E-state index in [4.69, 9.17) is 0 Å². The minimum Gasteiger partial charge on any atom is -0.385 e. The fourth-order valence-electron chi connectivity index (χ4n) is 3.95. The number of H-pyrrole nitrogens is 1. The van der Waals surface area contributed by atoms with Gasteiger partial charge in [0.05, 0.1) is 5.60 Å². The van der Waals surface area contributed by atoms with E-state index in [-0.39, 0.29) is 0 Å². The molecule has 0 aliphatic heterocycles. The highest BCUT2D eigenvalue weighted by molar-refractivity contribution is 5.21. The van der Waals surface area contributed by atoms with Crippen molar-refractivity contribution in [3.8, 4) is 0 Å². The van der Waals surface area contributed by atoms with Crippen LogP contribution in [0.3, 0.4) is 0 Å². The van der Waals surface area contributed by atoms with Crippen molar-refractivity contribution in [3.05, 3.63) is 24.0 Å². The van der Waals surface area contributed by atoms with Crippen molar-refractivity contribution in [1.29, 1.82) is 0 Å². The Morgan fingerprint density at radius 2 is 2.00 bits per heavy atom. The Kier molecular flexibility index (Phi) is 2.55. The van der Waals surface area contributed by atoms with Gasteiger partial charge in [-0.1, -0.05) is 19.3 Å². The Bertz CT molecular complexity index is 344. The zero-order chi connectivity index (χ0) is 11.0. The van der Waals surface area contributed by atoms with Crippen molar-refractivity contribution < 1.29 is 5.11 Å². The first-order valence-corrected chi connectivity index (χ1v) is 6.66. The number of fused-ring (bicyclic) bond motifs is 1. The maximum Gasteiger partial charge on any atom is 0.0941 e. The molecule has 2 nitrogen and oxygen atoms in total. The average Bonchev–Trinajstić information content (AvgIpc) is 2.84. The van der Waals surface area contributed by atoms with Crippen LogP contribution in [-0.2, 0) is 5.60 Å². The van der Waals surface area contributed by atoms with Gasteiger partial charge in [-0.15, -0.1) is 0 Å². The average molecular weight is 219 g/mol. The summed E-state index contributed by atoms with van der Waals surface area (Å²) in [6.45, 7) is 0. The summed E-state index contributed by atoms with van der Waals surface area (Å²) in [4.78, 5) is 3.09. The zero-order valence-electron chi connectivity index (χ0n) is 9.78. The molecule has 2 N–H and O–H groups in total. The topological polar surface area (TPSA) is 36.0 Å². The van der Waals surface area contributed by atoms with Crippen molar-refractivity contribution in [1.82, 2.24) is 4.98 Å². The number of rotatable bonds is 1. The molecule has 3 atom stereocenters. The van der Waals surface area contributed by atoms with Gasteiger partial charge >= 0.3 is 0 Å². The maximum absolute atomic E-state index is 11.0. The molecule has 1 aromatic heterocycles. The predicted molar refractivity (Wildman–Crippen MR) is 64.0 cm³/mol. The van der Waals surface area contributed by atoms with Crippen LogP contribution in [0.2, 0.25) is 0 Å². The van der Waals surface area contributed by atoms with Gasteiger partial charge in [0.25, 0.3) is 0 Å². The second-order valence-corrected chi connectivity index (χ2v) is 5.57. The van der Waals surface area contributed by atoms with Crippen molar-refractivity contribution in [2.45, 2.75) is 50.5 Å². The molecule has 0 aromatic carbocycles. The van der Waals surface area contributed by atoms with E-state index in [1.54, 1.807) is 0 Å². The standard InChI is InChI=1S/C14H21NO/c16-14(12-7-9-15-10-12)8-3-5-11-4-1-2-6-13(11)14/h7,9-11,13,15-16H,1-6,8H2. The van der Waals surface area contributed by atoms with Gasteiger partial charge in [-0.2, -0.15) is 0 Å². The molecule has 0 amide bonds. The third kappa shape index (κ3) is 1.51. The van der Waals surface area contributed by atoms with E-state index in [1.807, 2.05) is 12.4 Å². The van der Waals surface area contributed by atoms with Gasteiger partial charge in [0.1, 0.15) is 0 Å². The lowest BCUT2D eigenvalue weighted by atomic mass is 9.61. The first-order chi connectivity index (χ1) is 7.81. The Morgan fingerprint density at radius 1 is 1.19 bits per heavy atom. The summed E-state index contributed by atoms with van der Waals surface area (Å²) in [5, 5.41) is 11.0. The number of hydrogen-bond acceptors (Lipinski definition) is 1. The Morgan fingerprint density at radius 3 is 2.81 bits per heavy atom. The Hall–Kier alpha value is -0.760. The van der Waals surface area contributed by atoms with Gasteiger partial charge in [0.2, 0.25) is 0 Å². The van der Waals surface area contributed by atoms with Crippen LogP contribution in [0, 0.1) is 11.8 Å². The van der Waals surface area contributed by atoms with E-state index >= 15 is 0 Å². The van der Waals surface area contributed by atoms with Crippen molar-refractivity contribution in [2.75, 3.05) is 0 Å². The van der Waals surface area contributed by atoms with Crippen LogP contribution >= 0.6 is 0 Å². The highest BCUT2D eigenvalue weighted by Gasteiger charge is 2.46. The predicted octanol–water partition coefficient (Wildman–Crippen LogP) is 3.19. The number of aromatic nitrogens is 1. The molecule has 2 heteroatoms. The highest BCUT2D eigenvalue weighted by atomic mass is 16.3. The molecule has 2 aliphatic carbocycles. The normalized spacial score (nSPS) is 39.3. The Balaban J connectivity index is 1.92. The summed E-state index contributed by atoms with van der Waals surface area (Å²) in [5.74, 6) is 1.27. The second-order valence-electron chi connectivity index (χ2n) is 5.57. The van der Waals surface area contributed by atoms with Gasteiger partial charge in [0, 0.05) is 18.0 Å². The molecule has 3 unspecified atom stereocenters. The zero-order valence-corrected chi connectivity index (χ0v) is 9.78. The largest absolute Gasteiger partial charge is 0.385 e. The van der Waals surface area contributed by atoms with Crippen LogP contribution in [0.25, 0.3) is 0 Å². The number of aliphatic hydroxyl groups is 1. The highest BCUT2D eigenvalue weighted by Crippen LogP contribution is 2.50. The van der Waals surface area contributed by atoms with Crippen LogP contribution < -0.4 is 0 Å². The fourth-order valence-corrected chi connectivity index (χ4v) is 3.95. The molecule has 88 valence electrons. The maximum atomic E-state index is 11.0. The molecule has 2 aliphatic rings. The van der Waals surface area contributed by atoms with E-state index in [9.17, 15) is 5.11 Å². The summed E-state index contributed by atoms with van der Waals surface area (Å²) in [7, 11) is 0. The molecule has 2 saturated carbocycles. The molecule has 1 aromatic rings. The van der Waals surface area contributed by atoms with Gasteiger partial charge in [-0.3, -0.25) is 0 Å². The van der Waals surface area contributed by atoms with E-state index in [1.165, 1.54) is 38.5 Å². The molecule has 0 bridgehead atoms. The molecule has 1 heterocycles. The van der Waals surface area contributed by atoms with E-state index < -0.39 is 5.60 Å². The fraction of sp³-hybridized carbons (Fsp3) is 0.714.